The van der Waals surface area contributed by atoms with Gasteiger partial charge in [0.05, 0.1) is 0 Å². The molecule has 0 radical (unpaired) electrons. The van der Waals surface area contributed by atoms with Crippen molar-refractivity contribution in [1.82, 2.24) is 0 Å². The summed E-state index contributed by atoms with van der Waals surface area (Å²) in [7, 11) is 0. The maximum Gasteiger partial charge on any atom is 0.164 e. The summed E-state index contributed by atoms with van der Waals surface area (Å²) in [6.45, 7) is 2.05. The first-order chi connectivity index (χ1) is 9.25. The minimum absolute atomic E-state index is 0.334. The van der Waals surface area contributed by atoms with Crippen LogP contribution in [0.4, 0.5) is 0 Å². The Labute approximate surface area is 114 Å². The summed E-state index contributed by atoms with van der Waals surface area (Å²) < 4.78 is 0. The van der Waals surface area contributed by atoms with Crippen LogP contribution < -0.4 is 0 Å². The molecule has 2 aromatic carbocycles. The number of ketones is 1. The fourth-order valence-corrected chi connectivity index (χ4v) is 3.33. The average molecular weight is 252 g/mol. The van der Waals surface area contributed by atoms with Crippen molar-refractivity contribution in [2.24, 2.45) is 5.92 Å². The Hall–Kier alpha value is -1.63. The molecule has 0 spiro atoms. The highest BCUT2D eigenvalue weighted by molar-refractivity contribution is 6.09. The van der Waals surface area contributed by atoms with E-state index in [-0.39, 0.29) is 0 Å². The zero-order valence-electron chi connectivity index (χ0n) is 11.5. The molecule has 0 unspecified atom stereocenters. The number of carbonyl (C=O) groups is 1. The highest BCUT2D eigenvalue weighted by Crippen LogP contribution is 2.31. The van der Waals surface area contributed by atoms with E-state index in [9.17, 15) is 4.79 Å². The molecule has 1 nitrogen and oxygen atoms in total. The average Bonchev–Trinajstić information content (AvgIpc) is 2.91. The van der Waals surface area contributed by atoms with Gasteiger partial charge in [-0.3, -0.25) is 4.79 Å². The number of hydrogen-bond acceptors (Lipinski definition) is 1. The Balaban J connectivity index is 1.98. The summed E-state index contributed by atoms with van der Waals surface area (Å²) in [5.74, 6) is 0.951. The van der Waals surface area contributed by atoms with E-state index in [0.717, 1.165) is 22.9 Å². The van der Waals surface area contributed by atoms with E-state index in [1.54, 1.807) is 0 Å². The highest BCUT2D eigenvalue weighted by Gasteiger charge is 2.21. The molecule has 1 saturated carbocycles. The van der Waals surface area contributed by atoms with Crippen molar-refractivity contribution in [3.05, 3.63) is 47.5 Å². The number of rotatable bonds is 3. The van der Waals surface area contributed by atoms with Crippen LogP contribution in [-0.2, 0) is 0 Å². The van der Waals surface area contributed by atoms with Crippen molar-refractivity contribution in [2.75, 3.05) is 0 Å². The second-order valence-electron chi connectivity index (χ2n) is 5.76. The molecule has 0 aliphatic heterocycles. The van der Waals surface area contributed by atoms with Crippen LogP contribution in [0.5, 0.6) is 0 Å². The number of hydrogen-bond donors (Lipinski definition) is 0. The molecule has 0 heterocycles. The number of aryl methyl sites for hydroxylation is 1. The second kappa shape index (κ2) is 5.16. The number of carbonyl (C=O) groups excluding carboxylic acids is 1. The van der Waals surface area contributed by atoms with Gasteiger partial charge in [0.15, 0.2) is 5.78 Å². The van der Waals surface area contributed by atoms with Gasteiger partial charge in [0, 0.05) is 12.0 Å². The number of Topliss-reactive ketones (excluding diaryl/α,β-unsaturated/α-hetero) is 1. The van der Waals surface area contributed by atoms with Gasteiger partial charge in [-0.25, -0.2) is 0 Å². The van der Waals surface area contributed by atoms with Crippen molar-refractivity contribution >= 4 is 16.6 Å². The molecule has 1 aliphatic carbocycles. The van der Waals surface area contributed by atoms with Gasteiger partial charge in [-0.1, -0.05) is 62.1 Å². The van der Waals surface area contributed by atoms with Crippen molar-refractivity contribution in [2.45, 2.75) is 39.0 Å². The number of fused-ring (bicyclic) bond motifs is 1. The van der Waals surface area contributed by atoms with E-state index < -0.39 is 0 Å². The van der Waals surface area contributed by atoms with Gasteiger partial charge in [0.2, 0.25) is 0 Å². The lowest BCUT2D eigenvalue weighted by Gasteiger charge is -2.12. The van der Waals surface area contributed by atoms with Crippen LogP contribution in [0.2, 0.25) is 0 Å². The normalized spacial score (nSPS) is 16.1. The molecule has 1 aliphatic rings. The van der Waals surface area contributed by atoms with Gasteiger partial charge < -0.3 is 0 Å². The third-order valence-corrected chi connectivity index (χ3v) is 4.37. The molecule has 0 bridgehead atoms. The zero-order valence-corrected chi connectivity index (χ0v) is 11.5. The Morgan fingerprint density at radius 2 is 1.84 bits per heavy atom. The first-order valence-electron chi connectivity index (χ1n) is 7.27. The molecule has 0 aromatic heterocycles. The van der Waals surface area contributed by atoms with Gasteiger partial charge >= 0.3 is 0 Å². The van der Waals surface area contributed by atoms with Crippen molar-refractivity contribution in [3.63, 3.8) is 0 Å². The Morgan fingerprint density at radius 3 is 2.63 bits per heavy atom. The van der Waals surface area contributed by atoms with Gasteiger partial charge in [0.25, 0.3) is 0 Å². The molecule has 0 atom stereocenters. The van der Waals surface area contributed by atoms with E-state index in [2.05, 4.69) is 24.3 Å². The quantitative estimate of drug-likeness (QED) is 0.709. The summed E-state index contributed by atoms with van der Waals surface area (Å²) in [6.07, 6.45) is 5.79. The summed E-state index contributed by atoms with van der Waals surface area (Å²) >= 11 is 0. The molecule has 3 rings (SSSR count). The molecule has 19 heavy (non-hydrogen) atoms. The fourth-order valence-electron chi connectivity index (χ4n) is 3.33. The van der Waals surface area contributed by atoms with Crippen LogP contribution >= 0.6 is 0 Å². The van der Waals surface area contributed by atoms with Crippen LogP contribution in [0.3, 0.4) is 0 Å². The van der Waals surface area contributed by atoms with Gasteiger partial charge in [0.1, 0.15) is 0 Å². The maximum absolute atomic E-state index is 12.6. The largest absolute Gasteiger partial charge is 0.294 e. The zero-order chi connectivity index (χ0) is 13.2. The summed E-state index contributed by atoms with van der Waals surface area (Å²) in [5, 5.41) is 2.29. The third-order valence-electron chi connectivity index (χ3n) is 4.37. The molecular weight excluding hydrogens is 232 g/mol. The molecule has 0 saturated heterocycles. The smallest absolute Gasteiger partial charge is 0.164 e. The molecule has 0 amide bonds. The highest BCUT2D eigenvalue weighted by atomic mass is 16.1. The SMILES string of the molecule is Cc1ccc2ccccc2c1C(=O)CC1CCCC1. The van der Waals surface area contributed by atoms with Gasteiger partial charge in [-0.05, 0) is 29.2 Å². The predicted octanol–water partition coefficient (Wildman–Crippen LogP) is 4.91. The summed E-state index contributed by atoms with van der Waals surface area (Å²) in [4.78, 5) is 12.6. The molecule has 2 aromatic rings. The Morgan fingerprint density at radius 1 is 1.11 bits per heavy atom. The Bertz CT molecular complexity index is 606. The van der Waals surface area contributed by atoms with E-state index in [0.29, 0.717) is 11.7 Å². The standard InChI is InChI=1S/C18H20O/c1-13-10-11-15-8-4-5-9-16(15)18(13)17(19)12-14-6-2-3-7-14/h4-5,8-11,14H,2-3,6-7,12H2,1H3. The van der Waals surface area contributed by atoms with Crippen LogP contribution in [0.25, 0.3) is 10.8 Å². The first kappa shape index (κ1) is 12.4. The minimum Gasteiger partial charge on any atom is -0.294 e. The van der Waals surface area contributed by atoms with E-state index in [1.165, 1.54) is 31.1 Å². The lowest BCUT2D eigenvalue weighted by molar-refractivity contribution is 0.0963. The molecule has 1 heteroatoms. The Kier molecular flexibility index (Phi) is 3.37. The van der Waals surface area contributed by atoms with Crippen LogP contribution in [-0.4, -0.2) is 5.78 Å². The second-order valence-corrected chi connectivity index (χ2v) is 5.76. The molecular formula is C18H20O. The maximum atomic E-state index is 12.6. The van der Waals surface area contributed by atoms with Crippen molar-refractivity contribution in [1.29, 1.82) is 0 Å². The molecule has 1 fully saturated rings. The third kappa shape index (κ3) is 2.42. The van der Waals surface area contributed by atoms with Crippen molar-refractivity contribution < 1.29 is 4.79 Å². The van der Waals surface area contributed by atoms with Gasteiger partial charge in [-0.2, -0.15) is 0 Å². The summed E-state index contributed by atoms with van der Waals surface area (Å²) in [5.41, 5.74) is 2.06. The van der Waals surface area contributed by atoms with E-state index in [4.69, 9.17) is 0 Å². The summed E-state index contributed by atoms with van der Waals surface area (Å²) in [6, 6.07) is 12.4. The van der Waals surface area contributed by atoms with E-state index in [1.807, 2.05) is 19.1 Å². The van der Waals surface area contributed by atoms with Crippen molar-refractivity contribution in [3.8, 4) is 0 Å². The minimum atomic E-state index is 0.334. The first-order valence-corrected chi connectivity index (χ1v) is 7.27. The number of benzene rings is 2. The predicted molar refractivity (Wildman–Crippen MR) is 79.6 cm³/mol. The lowest BCUT2D eigenvalue weighted by atomic mass is 9.91. The monoisotopic (exact) mass is 252 g/mol. The molecule has 98 valence electrons. The van der Waals surface area contributed by atoms with Crippen LogP contribution in [0.1, 0.15) is 48.0 Å². The van der Waals surface area contributed by atoms with E-state index >= 15 is 0 Å². The topological polar surface area (TPSA) is 17.1 Å². The van der Waals surface area contributed by atoms with Gasteiger partial charge in [-0.15, -0.1) is 0 Å². The van der Waals surface area contributed by atoms with Crippen LogP contribution in [0.15, 0.2) is 36.4 Å². The molecule has 0 N–H and O–H groups in total. The van der Waals surface area contributed by atoms with Crippen LogP contribution in [0, 0.1) is 12.8 Å². The lowest BCUT2D eigenvalue weighted by Crippen LogP contribution is -2.08. The fraction of sp³-hybridized carbons (Fsp3) is 0.389.